The number of ether oxygens (including phenoxy) is 2. The highest BCUT2D eigenvalue weighted by atomic mass is 16.5. The SMILES string of the molecule is O=C(NCc1ccccc1)c1ccnc(O[C@@H]2CCOC2)c1. The molecule has 22 heavy (non-hydrogen) atoms. The maximum Gasteiger partial charge on any atom is 0.251 e. The second kappa shape index (κ2) is 7.04. The van der Waals surface area contributed by atoms with Crippen molar-refractivity contribution in [1.29, 1.82) is 0 Å². The van der Waals surface area contributed by atoms with Gasteiger partial charge in [0.15, 0.2) is 0 Å². The van der Waals surface area contributed by atoms with Crippen molar-refractivity contribution in [2.24, 2.45) is 0 Å². The summed E-state index contributed by atoms with van der Waals surface area (Å²) >= 11 is 0. The van der Waals surface area contributed by atoms with E-state index in [1.54, 1.807) is 18.3 Å². The van der Waals surface area contributed by atoms with Gasteiger partial charge in [0.05, 0.1) is 13.2 Å². The highest BCUT2D eigenvalue weighted by Gasteiger charge is 2.18. The van der Waals surface area contributed by atoms with Crippen LogP contribution in [-0.4, -0.2) is 30.2 Å². The Morgan fingerprint density at radius 2 is 2.18 bits per heavy atom. The molecule has 0 spiro atoms. The van der Waals surface area contributed by atoms with Crippen LogP contribution in [0.2, 0.25) is 0 Å². The first-order chi connectivity index (χ1) is 10.8. The average Bonchev–Trinajstić information content (AvgIpc) is 3.07. The van der Waals surface area contributed by atoms with E-state index >= 15 is 0 Å². The number of hydrogen-bond acceptors (Lipinski definition) is 4. The Hall–Kier alpha value is -2.40. The fourth-order valence-electron chi connectivity index (χ4n) is 2.27. The molecule has 1 aliphatic rings. The second-order valence-electron chi connectivity index (χ2n) is 5.15. The molecule has 0 radical (unpaired) electrons. The van der Waals surface area contributed by atoms with E-state index < -0.39 is 0 Å². The minimum absolute atomic E-state index is 0.0233. The predicted molar refractivity (Wildman–Crippen MR) is 81.7 cm³/mol. The highest BCUT2D eigenvalue weighted by Crippen LogP contribution is 2.15. The molecule has 1 aromatic carbocycles. The summed E-state index contributed by atoms with van der Waals surface area (Å²) in [7, 11) is 0. The molecular weight excluding hydrogens is 280 g/mol. The van der Waals surface area contributed by atoms with Crippen molar-refractivity contribution in [3.8, 4) is 5.88 Å². The number of nitrogens with one attached hydrogen (secondary N) is 1. The van der Waals surface area contributed by atoms with Gasteiger partial charge in [-0.1, -0.05) is 30.3 Å². The van der Waals surface area contributed by atoms with Crippen LogP contribution >= 0.6 is 0 Å². The molecule has 1 atom stereocenters. The Balaban J connectivity index is 1.59. The van der Waals surface area contributed by atoms with Crippen LogP contribution < -0.4 is 10.1 Å². The number of pyridine rings is 1. The van der Waals surface area contributed by atoms with Crippen LogP contribution in [0.3, 0.4) is 0 Å². The van der Waals surface area contributed by atoms with Gasteiger partial charge in [-0.3, -0.25) is 4.79 Å². The zero-order valence-corrected chi connectivity index (χ0v) is 12.2. The predicted octanol–water partition coefficient (Wildman–Crippen LogP) is 2.18. The van der Waals surface area contributed by atoms with Crippen LogP contribution in [0, 0.1) is 0 Å². The van der Waals surface area contributed by atoms with E-state index in [0.29, 0.717) is 31.2 Å². The maximum absolute atomic E-state index is 12.2. The number of hydrogen-bond donors (Lipinski definition) is 1. The molecule has 0 saturated carbocycles. The van der Waals surface area contributed by atoms with Gasteiger partial charge in [-0.25, -0.2) is 4.98 Å². The van der Waals surface area contributed by atoms with E-state index in [0.717, 1.165) is 12.0 Å². The number of carbonyl (C=O) groups is 1. The van der Waals surface area contributed by atoms with E-state index in [-0.39, 0.29) is 12.0 Å². The van der Waals surface area contributed by atoms with E-state index in [4.69, 9.17) is 9.47 Å². The van der Waals surface area contributed by atoms with Crippen LogP contribution in [0.5, 0.6) is 5.88 Å². The van der Waals surface area contributed by atoms with Gasteiger partial charge in [0, 0.05) is 30.8 Å². The third-order valence-electron chi connectivity index (χ3n) is 3.47. The van der Waals surface area contributed by atoms with Crippen LogP contribution in [0.25, 0.3) is 0 Å². The monoisotopic (exact) mass is 298 g/mol. The number of amides is 1. The first-order valence-corrected chi connectivity index (χ1v) is 7.34. The lowest BCUT2D eigenvalue weighted by Crippen LogP contribution is -2.23. The molecule has 1 fully saturated rings. The van der Waals surface area contributed by atoms with Gasteiger partial charge < -0.3 is 14.8 Å². The molecule has 1 amide bonds. The summed E-state index contributed by atoms with van der Waals surface area (Å²) < 4.78 is 11.0. The summed E-state index contributed by atoms with van der Waals surface area (Å²) in [6.45, 7) is 1.78. The van der Waals surface area contributed by atoms with Crippen molar-refractivity contribution in [2.45, 2.75) is 19.1 Å². The Labute approximate surface area is 129 Å². The normalized spacial score (nSPS) is 17.2. The van der Waals surface area contributed by atoms with Gasteiger partial charge in [0.25, 0.3) is 5.91 Å². The van der Waals surface area contributed by atoms with Crippen molar-refractivity contribution in [3.63, 3.8) is 0 Å². The van der Waals surface area contributed by atoms with Crippen molar-refractivity contribution in [2.75, 3.05) is 13.2 Å². The smallest absolute Gasteiger partial charge is 0.251 e. The van der Waals surface area contributed by atoms with Crippen LogP contribution in [0.15, 0.2) is 48.7 Å². The number of rotatable bonds is 5. The zero-order chi connectivity index (χ0) is 15.2. The van der Waals surface area contributed by atoms with Crippen molar-refractivity contribution in [3.05, 3.63) is 59.8 Å². The third-order valence-corrected chi connectivity index (χ3v) is 3.47. The number of benzene rings is 1. The first kappa shape index (κ1) is 14.5. The summed E-state index contributed by atoms with van der Waals surface area (Å²) in [4.78, 5) is 16.3. The molecule has 0 aliphatic carbocycles. The largest absolute Gasteiger partial charge is 0.472 e. The summed E-state index contributed by atoms with van der Waals surface area (Å²) in [5.74, 6) is 0.321. The standard InChI is InChI=1S/C17H18N2O3/c20-17(19-11-13-4-2-1-3-5-13)14-6-8-18-16(10-14)22-15-7-9-21-12-15/h1-6,8,10,15H,7,9,11-12H2,(H,19,20)/t15-/m1/s1. The molecular formula is C17H18N2O3. The van der Waals surface area contributed by atoms with E-state index in [1.165, 1.54) is 0 Å². The minimum Gasteiger partial charge on any atom is -0.472 e. The fourth-order valence-corrected chi connectivity index (χ4v) is 2.27. The number of aromatic nitrogens is 1. The first-order valence-electron chi connectivity index (χ1n) is 7.34. The van der Waals surface area contributed by atoms with Crippen molar-refractivity contribution >= 4 is 5.91 Å². The second-order valence-corrected chi connectivity index (χ2v) is 5.15. The molecule has 114 valence electrons. The fraction of sp³-hybridized carbons (Fsp3) is 0.294. The summed E-state index contributed by atoms with van der Waals surface area (Å²) in [5, 5.41) is 2.89. The van der Waals surface area contributed by atoms with Crippen LogP contribution in [0.4, 0.5) is 0 Å². The number of carbonyl (C=O) groups excluding carboxylic acids is 1. The molecule has 1 aromatic heterocycles. The Kier molecular flexibility index (Phi) is 4.65. The van der Waals surface area contributed by atoms with Gasteiger partial charge in [-0.05, 0) is 11.6 Å². The van der Waals surface area contributed by atoms with Gasteiger partial charge in [-0.2, -0.15) is 0 Å². The van der Waals surface area contributed by atoms with Crippen LogP contribution in [-0.2, 0) is 11.3 Å². The average molecular weight is 298 g/mol. The van der Waals surface area contributed by atoms with E-state index in [2.05, 4.69) is 10.3 Å². The Morgan fingerprint density at radius 1 is 1.32 bits per heavy atom. The number of nitrogens with zero attached hydrogens (tertiary/aromatic N) is 1. The molecule has 5 nitrogen and oxygen atoms in total. The summed E-state index contributed by atoms with van der Waals surface area (Å²) in [6, 6.07) is 13.1. The quantitative estimate of drug-likeness (QED) is 0.919. The zero-order valence-electron chi connectivity index (χ0n) is 12.2. The Morgan fingerprint density at radius 3 is 2.95 bits per heavy atom. The van der Waals surface area contributed by atoms with E-state index in [1.807, 2.05) is 30.3 Å². The molecule has 5 heteroatoms. The third kappa shape index (κ3) is 3.83. The summed E-state index contributed by atoms with van der Waals surface area (Å²) in [6.07, 6.45) is 2.46. The van der Waals surface area contributed by atoms with Gasteiger partial charge in [-0.15, -0.1) is 0 Å². The lowest BCUT2D eigenvalue weighted by molar-refractivity contribution is 0.0949. The molecule has 1 aliphatic heterocycles. The molecule has 3 rings (SSSR count). The molecule has 1 saturated heterocycles. The maximum atomic E-state index is 12.2. The summed E-state index contributed by atoms with van der Waals surface area (Å²) in [5.41, 5.74) is 1.60. The molecule has 0 unspecified atom stereocenters. The van der Waals surface area contributed by atoms with Gasteiger partial charge in [0.2, 0.25) is 5.88 Å². The van der Waals surface area contributed by atoms with Gasteiger partial charge >= 0.3 is 0 Å². The lowest BCUT2D eigenvalue weighted by atomic mass is 10.2. The van der Waals surface area contributed by atoms with Crippen molar-refractivity contribution in [1.82, 2.24) is 10.3 Å². The molecule has 2 heterocycles. The topological polar surface area (TPSA) is 60.5 Å². The molecule has 0 bridgehead atoms. The van der Waals surface area contributed by atoms with E-state index in [9.17, 15) is 4.79 Å². The highest BCUT2D eigenvalue weighted by molar-refractivity contribution is 5.94. The minimum atomic E-state index is -0.140. The molecule has 1 N–H and O–H groups in total. The lowest BCUT2D eigenvalue weighted by Gasteiger charge is -2.11. The van der Waals surface area contributed by atoms with Gasteiger partial charge in [0.1, 0.15) is 6.10 Å². The molecule has 2 aromatic rings. The van der Waals surface area contributed by atoms with Crippen LogP contribution in [0.1, 0.15) is 22.3 Å². The Bertz CT molecular complexity index is 625. The van der Waals surface area contributed by atoms with Crippen molar-refractivity contribution < 1.29 is 14.3 Å².